The normalized spacial score (nSPS) is 17.6. The van der Waals surface area contributed by atoms with Gasteiger partial charge in [-0.3, -0.25) is 0 Å². The molecule has 2 aliphatic heterocycles. The SMILES string of the molecule is COc1ccc([C@@H]2NCc3cc4c(cc3-n3cccc32)OCO4)cc1. The number of aromatic nitrogens is 1. The summed E-state index contributed by atoms with van der Waals surface area (Å²) in [7, 11) is 1.68. The van der Waals surface area contributed by atoms with E-state index in [4.69, 9.17) is 14.2 Å². The second-order valence-corrected chi connectivity index (χ2v) is 6.22. The highest BCUT2D eigenvalue weighted by Gasteiger charge is 2.25. The summed E-state index contributed by atoms with van der Waals surface area (Å²) in [5.74, 6) is 2.49. The van der Waals surface area contributed by atoms with Gasteiger partial charge >= 0.3 is 0 Å². The molecule has 5 nitrogen and oxygen atoms in total. The van der Waals surface area contributed by atoms with Crippen molar-refractivity contribution in [2.24, 2.45) is 0 Å². The third-order valence-electron chi connectivity index (χ3n) is 4.86. The molecule has 3 aromatic rings. The highest BCUT2D eigenvalue weighted by molar-refractivity contribution is 5.57. The van der Waals surface area contributed by atoms with Gasteiger partial charge in [0.1, 0.15) is 5.75 Å². The Labute approximate surface area is 145 Å². The molecule has 3 heterocycles. The Bertz CT molecular complexity index is 931. The first-order chi connectivity index (χ1) is 12.3. The fourth-order valence-electron chi connectivity index (χ4n) is 3.59. The molecule has 0 saturated carbocycles. The molecule has 0 spiro atoms. The van der Waals surface area contributed by atoms with Crippen LogP contribution in [0, 0.1) is 0 Å². The Morgan fingerprint density at radius 2 is 1.88 bits per heavy atom. The topological polar surface area (TPSA) is 44.7 Å². The quantitative estimate of drug-likeness (QED) is 0.780. The van der Waals surface area contributed by atoms with Crippen LogP contribution in [0.2, 0.25) is 0 Å². The lowest BCUT2D eigenvalue weighted by atomic mass is 10.0. The smallest absolute Gasteiger partial charge is 0.231 e. The lowest BCUT2D eigenvalue weighted by Gasteiger charge is -2.18. The zero-order chi connectivity index (χ0) is 16.8. The largest absolute Gasteiger partial charge is 0.497 e. The van der Waals surface area contributed by atoms with Gasteiger partial charge in [0.2, 0.25) is 6.79 Å². The fraction of sp³-hybridized carbons (Fsp3) is 0.200. The van der Waals surface area contributed by atoms with Crippen molar-refractivity contribution < 1.29 is 14.2 Å². The van der Waals surface area contributed by atoms with Crippen LogP contribution in [0.3, 0.4) is 0 Å². The highest BCUT2D eigenvalue weighted by Crippen LogP contribution is 2.39. The molecule has 25 heavy (non-hydrogen) atoms. The molecule has 5 rings (SSSR count). The van der Waals surface area contributed by atoms with Crippen LogP contribution in [0.1, 0.15) is 22.9 Å². The number of benzene rings is 2. The van der Waals surface area contributed by atoms with E-state index in [-0.39, 0.29) is 6.04 Å². The zero-order valence-electron chi connectivity index (χ0n) is 13.9. The molecule has 126 valence electrons. The average Bonchev–Trinajstić information content (AvgIpc) is 3.28. The first-order valence-corrected chi connectivity index (χ1v) is 8.31. The number of nitrogens with zero attached hydrogens (tertiary/aromatic N) is 1. The first-order valence-electron chi connectivity index (χ1n) is 8.31. The summed E-state index contributed by atoms with van der Waals surface area (Å²) in [6.45, 7) is 1.04. The van der Waals surface area contributed by atoms with E-state index in [0.717, 1.165) is 29.5 Å². The van der Waals surface area contributed by atoms with Crippen LogP contribution in [0.5, 0.6) is 17.2 Å². The number of hydrogen-bond acceptors (Lipinski definition) is 4. The summed E-state index contributed by atoms with van der Waals surface area (Å²) in [4.78, 5) is 0. The van der Waals surface area contributed by atoms with Crippen molar-refractivity contribution in [2.45, 2.75) is 12.6 Å². The molecular weight excluding hydrogens is 316 g/mol. The Morgan fingerprint density at radius 1 is 1.08 bits per heavy atom. The predicted molar refractivity (Wildman–Crippen MR) is 93.6 cm³/mol. The fourth-order valence-corrected chi connectivity index (χ4v) is 3.59. The maximum Gasteiger partial charge on any atom is 0.231 e. The van der Waals surface area contributed by atoms with Crippen LogP contribution in [-0.2, 0) is 6.54 Å². The molecule has 0 radical (unpaired) electrons. The van der Waals surface area contributed by atoms with Crippen LogP contribution in [-0.4, -0.2) is 18.5 Å². The molecule has 0 fully saturated rings. The average molecular weight is 334 g/mol. The summed E-state index contributed by atoms with van der Waals surface area (Å²) in [6, 6.07) is 16.7. The molecular formula is C20H18N2O3. The molecule has 5 heteroatoms. The van der Waals surface area contributed by atoms with Gasteiger partial charge in [-0.2, -0.15) is 0 Å². The minimum absolute atomic E-state index is 0.102. The van der Waals surface area contributed by atoms with E-state index in [1.807, 2.05) is 12.1 Å². The van der Waals surface area contributed by atoms with E-state index < -0.39 is 0 Å². The van der Waals surface area contributed by atoms with Crippen molar-refractivity contribution in [3.63, 3.8) is 0 Å². The van der Waals surface area contributed by atoms with Gasteiger partial charge in [0.15, 0.2) is 11.5 Å². The minimum atomic E-state index is 0.102. The summed E-state index contributed by atoms with van der Waals surface area (Å²) in [5, 5.41) is 3.67. The number of methoxy groups -OCH3 is 1. The number of fused-ring (bicyclic) bond motifs is 4. The summed E-state index contributed by atoms with van der Waals surface area (Å²) >= 11 is 0. The monoisotopic (exact) mass is 334 g/mol. The van der Waals surface area contributed by atoms with E-state index in [9.17, 15) is 0 Å². The Hall–Kier alpha value is -2.92. The number of ether oxygens (including phenoxy) is 3. The van der Waals surface area contributed by atoms with Gasteiger partial charge in [-0.25, -0.2) is 0 Å². The van der Waals surface area contributed by atoms with Gasteiger partial charge in [0.25, 0.3) is 0 Å². The third kappa shape index (κ3) is 2.27. The van der Waals surface area contributed by atoms with Crippen molar-refractivity contribution in [3.8, 4) is 22.9 Å². The van der Waals surface area contributed by atoms with Crippen molar-refractivity contribution in [1.82, 2.24) is 9.88 Å². The van der Waals surface area contributed by atoms with E-state index in [0.29, 0.717) is 6.79 Å². The summed E-state index contributed by atoms with van der Waals surface area (Å²) < 4.78 is 18.6. The van der Waals surface area contributed by atoms with E-state index in [1.165, 1.54) is 16.8 Å². The second-order valence-electron chi connectivity index (χ2n) is 6.22. The van der Waals surface area contributed by atoms with E-state index in [1.54, 1.807) is 7.11 Å². The first kappa shape index (κ1) is 14.4. The van der Waals surface area contributed by atoms with E-state index in [2.05, 4.69) is 52.5 Å². The molecule has 1 atom stereocenters. The molecule has 1 N–H and O–H groups in total. The molecule has 2 aliphatic rings. The minimum Gasteiger partial charge on any atom is -0.497 e. The van der Waals surface area contributed by atoms with Crippen LogP contribution < -0.4 is 19.5 Å². The standard InChI is InChI=1S/C20H18N2O3/c1-23-15-6-4-13(5-7-15)20-16-3-2-8-22(16)17-10-19-18(24-12-25-19)9-14(17)11-21-20/h2-10,20-21H,11-12H2,1H3/t20-/m0/s1. The summed E-state index contributed by atoms with van der Waals surface area (Å²) in [5.41, 5.74) is 4.72. The van der Waals surface area contributed by atoms with Gasteiger partial charge in [0.05, 0.1) is 18.8 Å². The lowest BCUT2D eigenvalue weighted by Crippen LogP contribution is -2.21. The van der Waals surface area contributed by atoms with Crippen LogP contribution in [0.15, 0.2) is 54.7 Å². The Kier molecular flexibility index (Phi) is 3.21. The van der Waals surface area contributed by atoms with Gasteiger partial charge in [0, 0.05) is 24.5 Å². The second kappa shape index (κ2) is 5.57. The number of rotatable bonds is 2. The molecule has 0 aliphatic carbocycles. The van der Waals surface area contributed by atoms with Crippen molar-refractivity contribution in [1.29, 1.82) is 0 Å². The third-order valence-corrected chi connectivity index (χ3v) is 4.86. The van der Waals surface area contributed by atoms with Gasteiger partial charge < -0.3 is 24.1 Å². The van der Waals surface area contributed by atoms with Gasteiger partial charge in [-0.15, -0.1) is 0 Å². The van der Waals surface area contributed by atoms with Crippen LogP contribution in [0.25, 0.3) is 5.69 Å². The molecule has 2 aromatic carbocycles. The molecule has 0 unspecified atom stereocenters. The van der Waals surface area contributed by atoms with Crippen molar-refractivity contribution in [2.75, 3.05) is 13.9 Å². The zero-order valence-corrected chi connectivity index (χ0v) is 13.9. The van der Waals surface area contributed by atoms with Crippen molar-refractivity contribution in [3.05, 3.63) is 71.5 Å². The van der Waals surface area contributed by atoms with Crippen LogP contribution >= 0.6 is 0 Å². The van der Waals surface area contributed by atoms with Gasteiger partial charge in [-0.1, -0.05) is 12.1 Å². The van der Waals surface area contributed by atoms with Crippen LogP contribution in [0.4, 0.5) is 0 Å². The maximum atomic E-state index is 5.56. The molecule has 0 saturated heterocycles. The Balaban J connectivity index is 1.61. The Morgan fingerprint density at radius 3 is 2.68 bits per heavy atom. The van der Waals surface area contributed by atoms with E-state index >= 15 is 0 Å². The lowest BCUT2D eigenvalue weighted by molar-refractivity contribution is 0.174. The number of nitrogens with one attached hydrogen (secondary N) is 1. The maximum absolute atomic E-state index is 5.56. The van der Waals surface area contributed by atoms with Crippen molar-refractivity contribution >= 4 is 0 Å². The predicted octanol–water partition coefficient (Wildman–Crippen LogP) is 3.41. The molecule has 0 amide bonds. The molecule has 1 aromatic heterocycles. The summed E-state index contributed by atoms with van der Waals surface area (Å²) in [6.07, 6.45) is 2.10. The highest BCUT2D eigenvalue weighted by atomic mass is 16.7. The molecule has 0 bridgehead atoms. The number of hydrogen-bond donors (Lipinski definition) is 1. The van der Waals surface area contributed by atoms with Gasteiger partial charge in [-0.05, 0) is 41.5 Å².